The second-order valence-electron chi connectivity index (χ2n) is 3.27. The molecule has 0 spiro atoms. The highest BCUT2D eigenvalue weighted by Gasteiger charge is 2.29. The summed E-state index contributed by atoms with van der Waals surface area (Å²) < 4.78 is 36.3. The van der Waals surface area contributed by atoms with E-state index in [1.54, 1.807) is 0 Å². The third-order valence-electron chi connectivity index (χ3n) is 1.77. The summed E-state index contributed by atoms with van der Waals surface area (Å²) in [5.41, 5.74) is 0. The molecular weight excluding hydrogens is 205 g/mol. The Morgan fingerprint density at radius 2 is 2.00 bits per heavy atom. The monoisotopic (exact) mass is 222 g/mol. The van der Waals surface area contributed by atoms with Gasteiger partial charge in [0.2, 0.25) is 0 Å². The van der Waals surface area contributed by atoms with E-state index in [0.717, 1.165) is 0 Å². The zero-order valence-corrected chi connectivity index (χ0v) is 8.90. The molecule has 0 aliphatic heterocycles. The van der Waals surface area contributed by atoms with Crippen molar-refractivity contribution < 1.29 is 13.2 Å². The van der Waals surface area contributed by atoms with E-state index in [1.165, 1.54) is 4.90 Å². The Morgan fingerprint density at radius 3 is 2.47 bits per heavy atom. The van der Waals surface area contributed by atoms with Gasteiger partial charge in [-0.2, -0.15) is 13.2 Å². The third kappa shape index (κ3) is 9.57. The highest BCUT2D eigenvalue weighted by molar-refractivity contribution is 4.86. The van der Waals surface area contributed by atoms with Crippen LogP contribution in [0, 0.1) is 12.3 Å². The van der Waals surface area contributed by atoms with Crippen molar-refractivity contribution in [2.75, 3.05) is 32.7 Å². The van der Waals surface area contributed by atoms with Gasteiger partial charge in [0.05, 0.1) is 13.1 Å². The lowest BCUT2D eigenvalue weighted by Crippen LogP contribution is -2.39. The van der Waals surface area contributed by atoms with Gasteiger partial charge in [-0.3, -0.25) is 4.90 Å². The number of terminal acetylenes is 1. The molecule has 0 radical (unpaired) electrons. The van der Waals surface area contributed by atoms with Crippen LogP contribution in [0.4, 0.5) is 13.2 Å². The second-order valence-corrected chi connectivity index (χ2v) is 3.27. The summed E-state index contributed by atoms with van der Waals surface area (Å²) in [4.78, 5) is 1.38. The quantitative estimate of drug-likeness (QED) is 0.518. The van der Waals surface area contributed by atoms with Crippen LogP contribution in [0.1, 0.15) is 13.3 Å². The fraction of sp³-hybridized carbons (Fsp3) is 0.800. The minimum absolute atomic E-state index is 0.370. The molecule has 0 aliphatic rings. The zero-order chi connectivity index (χ0) is 11.7. The number of hydrogen-bond acceptors (Lipinski definition) is 2. The van der Waals surface area contributed by atoms with Crippen LogP contribution < -0.4 is 5.32 Å². The summed E-state index contributed by atoms with van der Waals surface area (Å²) >= 11 is 0. The Morgan fingerprint density at radius 1 is 1.33 bits per heavy atom. The molecule has 0 aromatic carbocycles. The molecular formula is C10H17F3N2. The Kier molecular flexibility index (Phi) is 7.18. The van der Waals surface area contributed by atoms with Gasteiger partial charge in [-0.05, 0) is 13.0 Å². The predicted octanol–water partition coefficient (Wildman–Crippen LogP) is 1.48. The van der Waals surface area contributed by atoms with E-state index in [1.807, 2.05) is 6.92 Å². The minimum atomic E-state index is -4.12. The van der Waals surface area contributed by atoms with E-state index < -0.39 is 12.7 Å². The maximum atomic E-state index is 12.1. The Labute approximate surface area is 88.8 Å². The zero-order valence-electron chi connectivity index (χ0n) is 8.90. The molecule has 0 atom stereocenters. The molecule has 0 heterocycles. The molecule has 5 heteroatoms. The molecule has 88 valence electrons. The standard InChI is InChI=1S/C10H17F3N2/c1-3-5-14-6-8-15(7-4-2)9-10(11,12)13/h1,14H,4-9H2,2H3. The van der Waals surface area contributed by atoms with E-state index >= 15 is 0 Å². The molecule has 2 nitrogen and oxygen atoms in total. The van der Waals surface area contributed by atoms with Crippen LogP contribution in [0.2, 0.25) is 0 Å². The topological polar surface area (TPSA) is 15.3 Å². The van der Waals surface area contributed by atoms with Gasteiger partial charge in [0.15, 0.2) is 0 Å². The maximum Gasteiger partial charge on any atom is 0.401 e. The average molecular weight is 222 g/mol. The van der Waals surface area contributed by atoms with Crippen molar-refractivity contribution in [1.29, 1.82) is 0 Å². The van der Waals surface area contributed by atoms with E-state index in [9.17, 15) is 13.2 Å². The van der Waals surface area contributed by atoms with Gasteiger partial charge in [0, 0.05) is 13.1 Å². The van der Waals surface area contributed by atoms with E-state index in [4.69, 9.17) is 6.42 Å². The highest BCUT2D eigenvalue weighted by atomic mass is 19.4. The van der Waals surface area contributed by atoms with Gasteiger partial charge in [-0.25, -0.2) is 0 Å². The molecule has 0 fully saturated rings. The summed E-state index contributed by atoms with van der Waals surface area (Å²) in [5.74, 6) is 2.37. The molecule has 0 rings (SSSR count). The number of alkyl halides is 3. The van der Waals surface area contributed by atoms with Crippen LogP contribution in [0.15, 0.2) is 0 Å². The Balaban J connectivity index is 3.79. The van der Waals surface area contributed by atoms with Crippen LogP contribution in [0.3, 0.4) is 0 Å². The lowest BCUT2D eigenvalue weighted by molar-refractivity contribution is -0.145. The predicted molar refractivity (Wildman–Crippen MR) is 54.5 cm³/mol. The van der Waals surface area contributed by atoms with Gasteiger partial charge in [-0.15, -0.1) is 6.42 Å². The smallest absolute Gasteiger partial charge is 0.305 e. The van der Waals surface area contributed by atoms with Gasteiger partial charge < -0.3 is 5.32 Å². The second kappa shape index (κ2) is 7.55. The van der Waals surface area contributed by atoms with Crippen molar-refractivity contribution in [1.82, 2.24) is 10.2 Å². The minimum Gasteiger partial charge on any atom is -0.305 e. The lowest BCUT2D eigenvalue weighted by Gasteiger charge is -2.22. The first kappa shape index (κ1) is 14.3. The summed E-state index contributed by atoms with van der Waals surface area (Å²) in [6.07, 6.45) is 1.59. The van der Waals surface area contributed by atoms with Crippen molar-refractivity contribution in [3.63, 3.8) is 0 Å². The van der Waals surface area contributed by atoms with Crippen molar-refractivity contribution in [3.8, 4) is 12.3 Å². The molecule has 0 amide bonds. The summed E-state index contributed by atoms with van der Waals surface area (Å²) in [6.45, 7) is 2.72. The van der Waals surface area contributed by atoms with Crippen molar-refractivity contribution in [2.45, 2.75) is 19.5 Å². The highest BCUT2D eigenvalue weighted by Crippen LogP contribution is 2.16. The SMILES string of the molecule is C#CCNCCN(CCC)CC(F)(F)F. The van der Waals surface area contributed by atoms with Crippen molar-refractivity contribution in [2.24, 2.45) is 0 Å². The molecule has 15 heavy (non-hydrogen) atoms. The van der Waals surface area contributed by atoms with Crippen LogP contribution in [0.5, 0.6) is 0 Å². The van der Waals surface area contributed by atoms with Gasteiger partial charge in [0.1, 0.15) is 0 Å². The molecule has 1 N–H and O–H groups in total. The van der Waals surface area contributed by atoms with E-state index in [-0.39, 0.29) is 0 Å². The Hall–Kier alpha value is -0.730. The molecule has 0 aliphatic carbocycles. The molecule has 0 aromatic rings. The first-order chi connectivity index (χ1) is 6.99. The fourth-order valence-electron chi connectivity index (χ4n) is 1.24. The lowest BCUT2D eigenvalue weighted by atomic mass is 10.4. The number of nitrogens with one attached hydrogen (secondary N) is 1. The number of nitrogens with zero attached hydrogens (tertiary/aromatic N) is 1. The van der Waals surface area contributed by atoms with Crippen LogP contribution >= 0.6 is 0 Å². The van der Waals surface area contributed by atoms with Crippen LogP contribution in [-0.4, -0.2) is 43.8 Å². The molecule has 0 aromatic heterocycles. The first-order valence-corrected chi connectivity index (χ1v) is 4.93. The van der Waals surface area contributed by atoms with Crippen molar-refractivity contribution >= 4 is 0 Å². The van der Waals surface area contributed by atoms with Crippen LogP contribution in [-0.2, 0) is 0 Å². The largest absolute Gasteiger partial charge is 0.401 e. The maximum absolute atomic E-state index is 12.1. The van der Waals surface area contributed by atoms with Gasteiger partial charge >= 0.3 is 6.18 Å². The van der Waals surface area contributed by atoms with E-state index in [0.29, 0.717) is 32.6 Å². The molecule has 0 unspecified atom stereocenters. The summed E-state index contributed by atoms with van der Waals surface area (Å²) in [7, 11) is 0. The van der Waals surface area contributed by atoms with Crippen molar-refractivity contribution in [3.05, 3.63) is 0 Å². The van der Waals surface area contributed by atoms with E-state index in [2.05, 4.69) is 11.2 Å². The average Bonchev–Trinajstić information content (AvgIpc) is 2.10. The third-order valence-corrected chi connectivity index (χ3v) is 1.77. The number of halogens is 3. The number of hydrogen-bond donors (Lipinski definition) is 1. The van der Waals surface area contributed by atoms with Crippen LogP contribution in [0.25, 0.3) is 0 Å². The Bertz CT molecular complexity index is 196. The molecule has 0 saturated heterocycles. The normalized spacial score (nSPS) is 11.7. The fourth-order valence-corrected chi connectivity index (χ4v) is 1.24. The van der Waals surface area contributed by atoms with Gasteiger partial charge in [-0.1, -0.05) is 12.8 Å². The summed E-state index contributed by atoms with van der Waals surface area (Å²) in [6, 6.07) is 0. The molecule has 0 saturated carbocycles. The molecule has 0 bridgehead atoms. The number of rotatable bonds is 7. The summed E-state index contributed by atoms with van der Waals surface area (Å²) in [5, 5.41) is 2.86. The van der Waals surface area contributed by atoms with Gasteiger partial charge in [0.25, 0.3) is 0 Å². The first-order valence-electron chi connectivity index (χ1n) is 4.93.